The number of aryl methyl sites for hydroxylation is 1. The van der Waals surface area contributed by atoms with E-state index in [1.54, 1.807) is 36.2 Å². The number of sulfonamides is 1. The van der Waals surface area contributed by atoms with Gasteiger partial charge in [-0.2, -0.15) is 4.31 Å². The molecule has 9 heteroatoms. The Kier molecular flexibility index (Phi) is 9.00. The third kappa shape index (κ3) is 6.22. The number of aromatic nitrogens is 1. The quantitative estimate of drug-likeness (QED) is 0.336. The first-order valence-corrected chi connectivity index (χ1v) is 15.5. The standard InChI is InChI=1S/C28H38N4O3S2/c1-5-31(6-2)18-19-32(28-29-25-17-12-21(3)20-26(25)36-28)27(33)22-13-15-24(16-14-22)37(34,35)30(4)23-10-8-7-9-11-23/h12-17,20,23H,5-11,18-19H2,1-4H3. The highest BCUT2D eigenvalue weighted by Crippen LogP contribution is 2.31. The lowest BCUT2D eigenvalue weighted by atomic mass is 9.96. The summed E-state index contributed by atoms with van der Waals surface area (Å²) < 4.78 is 29.1. The van der Waals surface area contributed by atoms with E-state index in [1.165, 1.54) is 22.1 Å². The van der Waals surface area contributed by atoms with Gasteiger partial charge in [-0.1, -0.05) is 50.5 Å². The molecule has 0 spiro atoms. The number of carbonyl (C=O) groups excluding carboxylic acids is 1. The molecular weight excluding hydrogens is 504 g/mol. The van der Waals surface area contributed by atoms with Crippen LogP contribution in [0, 0.1) is 6.92 Å². The number of rotatable bonds is 10. The molecule has 4 rings (SSSR count). The van der Waals surface area contributed by atoms with Gasteiger partial charge in [0.25, 0.3) is 5.91 Å². The molecule has 0 saturated heterocycles. The minimum absolute atomic E-state index is 0.0401. The number of likely N-dealkylation sites (N-methyl/N-ethyl adjacent to an activating group) is 1. The van der Waals surface area contributed by atoms with Crippen molar-refractivity contribution in [1.29, 1.82) is 0 Å². The first kappa shape index (κ1) is 27.7. The van der Waals surface area contributed by atoms with Crippen molar-refractivity contribution in [1.82, 2.24) is 14.2 Å². The molecule has 1 fully saturated rings. The number of benzene rings is 2. The van der Waals surface area contributed by atoms with Crippen LogP contribution < -0.4 is 4.90 Å². The zero-order chi connectivity index (χ0) is 26.6. The molecule has 0 bridgehead atoms. The van der Waals surface area contributed by atoms with Gasteiger partial charge in [-0.3, -0.25) is 9.69 Å². The molecular formula is C28H38N4O3S2. The van der Waals surface area contributed by atoms with E-state index in [0.717, 1.165) is 61.1 Å². The first-order chi connectivity index (χ1) is 17.7. The molecule has 0 unspecified atom stereocenters. The molecule has 2 aromatic carbocycles. The lowest BCUT2D eigenvalue weighted by Crippen LogP contribution is -2.39. The van der Waals surface area contributed by atoms with Gasteiger partial charge in [0.2, 0.25) is 10.0 Å². The van der Waals surface area contributed by atoms with Crippen molar-refractivity contribution in [2.75, 3.05) is 38.1 Å². The zero-order valence-electron chi connectivity index (χ0n) is 22.3. The SMILES string of the molecule is CCN(CC)CCN(C(=O)c1ccc(S(=O)(=O)N(C)C2CCCCC2)cc1)c1nc2ccc(C)cc2s1. The highest BCUT2D eigenvalue weighted by Gasteiger charge is 2.29. The molecule has 7 nitrogen and oxygen atoms in total. The Morgan fingerprint density at radius 2 is 1.68 bits per heavy atom. The first-order valence-electron chi connectivity index (χ1n) is 13.2. The number of anilines is 1. The van der Waals surface area contributed by atoms with E-state index >= 15 is 0 Å². The van der Waals surface area contributed by atoms with Crippen molar-refractivity contribution in [2.45, 2.75) is 63.8 Å². The molecule has 1 amide bonds. The van der Waals surface area contributed by atoms with Gasteiger partial charge >= 0.3 is 0 Å². The average molecular weight is 543 g/mol. The second-order valence-electron chi connectivity index (χ2n) is 9.79. The van der Waals surface area contributed by atoms with Crippen molar-refractivity contribution in [3.63, 3.8) is 0 Å². The molecule has 0 aliphatic heterocycles. The molecule has 3 aromatic rings. The highest BCUT2D eigenvalue weighted by molar-refractivity contribution is 7.89. The summed E-state index contributed by atoms with van der Waals surface area (Å²) in [6, 6.07) is 12.5. The number of carbonyl (C=O) groups is 1. The second-order valence-corrected chi connectivity index (χ2v) is 12.8. The van der Waals surface area contributed by atoms with Crippen molar-refractivity contribution < 1.29 is 13.2 Å². The number of amides is 1. The normalized spacial score (nSPS) is 15.1. The fourth-order valence-electron chi connectivity index (χ4n) is 4.93. The molecule has 1 saturated carbocycles. The van der Waals surface area contributed by atoms with Crippen LogP contribution in [0.4, 0.5) is 5.13 Å². The lowest BCUT2D eigenvalue weighted by Gasteiger charge is -2.30. The molecule has 0 N–H and O–H groups in total. The Morgan fingerprint density at radius 3 is 2.32 bits per heavy atom. The summed E-state index contributed by atoms with van der Waals surface area (Å²) in [7, 11) is -1.94. The number of hydrogen-bond donors (Lipinski definition) is 0. The Bertz CT molecular complexity index is 1310. The topological polar surface area (TPSA) is 73.8 Å². The molecule has 1 aromatic heterocycles. The van der Waals surface area contributed by atoms with Gasteiger partial charge in [-0.15, -0.1) is 0 Å². The summed E-state index contributed by atoms with van der Waals surface area (Å²) in [6.07, 6.45) is 5.09. The van der Waals surface area contributed by atoms with Crippen LogP contribution in [0.25, 0.3) is 10.2 Å². The predicted octanol–water partition coefficient (Wildman–Crippen LogP) is 5.55. The van der Waals surface area contributed by atoms with Crippen LogP contribution in [0.3, 0.4) is 0 Å². The molecule has 1 heterocycles. The number of fused-ring (bicyclic) bond motifs is 1. The summed E-state index contributed by atoms with van der Waals surface area (Å²) in [6.45, 7) is 9.30. The van der Waals surface area contributed by atoms with Crippen molar-refractivity contribution in [3.8, 4) is 0 Å². The summed E-state index contributed by atoms with van der Waals surface area (Å²) in [5, 5.41) is 0.659. The zero-order valence-corrected chi connectivity index (χ0v) is 23.9. The van der Waals surface area contributed by atoms with Crippen molar-refractivity contribution >= 4 is 42.6 Å². The number of nitrogens with zero attached hydrogens (tertiary/aromatic N) is 4. The summed E-state index contributed by atoms with van der Waals surface area (Å²) in [4.78, 5) is 22.7. The van der Waals surface area contributed by atoms with Crippen LogP contribution in [-0.4, -0.2) is 67.8 Å². The monoisotopic (exact) mass is 542 g/mol. The molecule has 37 heavy (non-hydrogen) atoms. The summed E-state index contributed by atoms with van der Waals surface area (Å²) in [5.74, 6) is -0.174. The Morgan fingerprint density at radius 1 is 1.00 bits per heavy atom. The van der Waals surface area contributed by atoms with Gasteiger partial charge in [-0.05, 0) is 74.8 Å². The third-order valence-electron chi connectivity index (χ3n) is 7.41. The van der Waals surface area contributed by atoms with Crippen LogP contribution in [-0.2, 0) is 10.0 Å². The molecule has 200 valence electrons. The maximum atomic E-state index is 13.7. The van der Waals surface area contributed by atoms with Crippen molar-refractivity contribution in [3.05, 3.63) is 53.6 Å². The fraction of sp³-hybridized carbons (Fsp3) is 0.500. The van der Waals surface area contributed by atoms with E-state index in [9.17, 15) is 13.2 Å². The van der Waals surface area contributed by atoms with Gasteiger partial charge in [-0.25, -0.2) is 13.4 Å². The summed E-state index contributed by atoms with van der Waals surface area (Å²) >= 11 is 1.51. The van der Waals surface area contributed by atoms with Crippen LogP contribution in [0.1, 0.15) is 61.9 Å². The van der Waals surface area contributed by atoms with Crippen LogP contribution in [0.15, 0.2) is 47.4 Å². The third-order valence-corrected chi connectivity index (χ3v) is 10.4. The molecule has 1 aliphatic carbocycles. The predicted molar refractivity (Wildman–Crippen MR) is 152 cm³/mol. The van der Waals surface area contributed by atoms with Crippen LogP contribution in [0.2, 0.25) is 0 Å². The lowest BCUT2D eigenvalue weighted by molar-refractivity contribution is 0.0983. The Labute approximate surface area is 225 Å². The average Bonchev–Trinajstić information content (AvgIpc) is 3.33. The van der Waals surface area contributed by atoms with E-state index in [4.69, 9.17) is 4.98 Å². The number of thiazole rings is 1. The fourth-order valence-corrected chi connectivity index (χ4v) is 7.44. The van der Waals surface area contributed by atoms with Gasteiger partial charge in [0.05, 0.1) is 15.1 Å². The smallest absolute Gasteiger partial charge is 0.260 e. The van der Waals surface area contributed by atoms with Gasteiger partial charge in [0, 0.05) is 31.7 Å². The van der Waals surface area contributed by atoms with Gasteiger partial charge < -0.3 is 4.90 Å². The van der Waals surface area contributed by atoms with Crippen LogP contribution in [0.5, 0.6) is 0 Å². The minimum atomic E-state index is -3.61. The minimum Gasteiger partial charge on any atom is -0.302 e. The molecule has 1 aliphatic rings. The molecule has 0 radical (unpaired) electrons. The Balaban J connectivity index is 1.59. The molecule has 0 atom stereocenters. The van der Waals surface area contributed by atoms with E-state index < -0.39 is 10.0 Å². The van der Waals surface area contributed by atoms with E-state index in [2.05, 4.69) is 24.8 Å². The maximum Gasteiger partial charge on any atom is 0.260 e. The largest absolute Gasteiger partial charge is 0.302 e. The second kappa shape index (κ2) is 12.0. The Hall–Kier alpha value is -2.33. The van der Waals surface area contributed by atoms with Crippen LogP contribution >= 0.6 is 11.3 Å². The van der Waals surface area contributed by atoms with E-state index in [1.807, 2.05) is 19.1 Å². The van der Waals surface area contributed by atoms with Gasteiger partial charge in [0.1, 0.15) is 0 Å². The maximum absolute atomic E-state index is 13.7. The van der Waals surface area contributed by atoms with E-state index in [0.29, 0.717) is 17.2 Å². The summed E-state index contributed by atoms with van der Waals surface area (Å²) in [5.41, 5.74) is 2.48. The van der Waals surface area contributed by atoms with Crippen molar-refractivity contribution in [2.24, 2.45) is 0 Å². The van der Waals surface area contributed by atoms with E-state index in [-0.39, 0.29) is 16.8 Å². The number of hydrogen-bond acceptors (Lipinski definition) is 6. The van der Waals surface area contributed by atoms with Gasteiger partial charge in [0.15, 0.2) is 5.13 Å². The highest BCUT2D eigenvalue weighted by atomic mass is 32.2.